The van der Waals surface area contributed by atoms with Crippen LogP contribution < -0.4 is 5.32 Å². The van der Waals surface area contributed by atoms with Crippen LogP contribution in [0.25, 0.3) is 0 Å². The van der Waals surface area contributed by atoms with Gasteiger partial charge >= 0.3 is 0 Å². The van der Waals surface area contributed by atoms with Crippen molar-refractivity contribution in [1.82, 2.24) is 5.32 Å². The van der Waals surface area contributed by atoms with Gasteiger partial charge in [0.15, 0.2) is 0 Å². The van der Waals surface area contributed by atoms with E-state index in [-0.39, 0.29) is 5.75 Å². The highest BCUT2D eigenvalue weighted by Gasteiger charge is 2.13. The Hall–Kier alpha value is -0.390. The van der Waals surface area contributed by atoms with Gasteiger partial charge in [0.05, 0.1) is 5.75 Å². The third-order valence-corrected chi connectivity index (χ3v) is 4.46. The molecule has 1 unspecified atom stereocenters. The predicted octanol–water partition coefficient (Wildman–Crippen LogP) is 2.65. The minimum atomic E-state index is -2.88. The molecule has 5 heteroatoms. The third kappa shape index (κ3) is 7.70. The van der Waals surface area contributed by atoms with Crippen LogP contribution in [0.3, 0.4) is 0 Å². The normalized spacial score (nSPS) is 13.4. The van der Waals surface area contributed by atoms with E-state index in [9.17, 15) is 8.42 Å². The van der Waals surface area contributed by atoms with Crippen LogP contribution in [0.5, 0.6) is 0 Å². The molecule has 0 spiro atoms. The van der Waals surface area contributed by atoms with E-state index in [2.05, 4.69) is 40.3 Å². The molecule has 1 aromatic carbocycles. The van der Waals surface area contributed by atoms with E-state index in [1.54, 1.807) is 0 Å². The molecule has 0 aliphatic carbocycles. The topological polar surface area (TPSA) is 46.2 Å². The average molecular weight is 348 g/mol. The van der Waals surface area contributed by atoms with Crippen LogP contribution in [0.2, 0.25) is 0 Å². The van der Waals surface area contributed by atoms with E-state index < -0.39 is 9.84 Å². The molecule has 0 aliphatic rings. The number of sulfone groups is 1. The average Bonchev–Trinajstić information content (AvgIpc) is 2.31. The minimum Gasteiger partial charge on any atom is -0.317 e. The number of benzene rings is 1. The van der Waals surface area contributed by atoms with E-state index >= 15 is 0 Å². The Balaban J connectivity index is 2.63. The Bertz CT molecular complexity index is 488. The molecule has 0 saturated heterocycles. The highest BCUT2D eigenvalue weighted by Crippen LogP contribution is 2.17. The van der Waals surface area contributed by atoms with E-state index in [1.165, 1.54) is 11.8 Å². The molecule has 0 aliphatic heterocycles. The van der Waals surface area contributed by atoms with Crippen LogP contribution in [0.15, 0.2) is 28.7 Å². The lowest BCUT2D eigenvalue weighted by Gasteiger charge is -2.17. The van der Waals surface area contributed by atoms with Crippen molar-refractivity contribution in [3.05, 3.63) is 34.3 Å². The quantitative estimate of drug-likeness (QED) is 0.786. The van der Waals surface area contributed by atoms with Crippen molar-refractivity contribution < 1.29 is 8.42 Å². The fourth-order valence-corrected chi connectivity index (χ4v) is 3.21. The number of hydrogen-bond donors (Lipinski definition) is 1. The van der Waals surface area contributed by atoms with Crippen LogP contribution in [0.1, 0.15) is 18.9 Å². The maximum Gasteiger partial charge on any atom is 0.147 e. The zero-order valence-corrected chi connectivity index (χ0v) is 13.9. The zero-order valence-electron chi connectivity index (χ0n) is 11.5. The number of hydrogen-bond acceptors (Lipinski definition) is 3. The summed E-state index contributed by atoms with van der Waals surface area (Å²) in [7, 11) is -2.88. The van der Waals surface area contributed by atoms with Gasteiger partial charge in [0.1, 0.15) is 9.84 Å². The second-order valence-electron chi connectivity index (χ2n) is 4.93. The van der Waals surface area contributed by atoms with E-state index in [0.29, 0.717) is 12.3 Å². The Labute approximate surface area is 124 Å². The van der Waals surface area contributed by atoms with Gasteiger partial charge in [-0.05, 0) is 49.5 Å². The van der Waals surface area contributed by atoms with E-state index in [4.69, 9.17) is 0 Å². The van der Waals surface area contributed by atoms with Crippen molar-refractivity contribution in [3.8, 4) is 0 Å². The Morgan fingerprint density at radius 1 is 1.37 bits per heavy atom. The minimum absolute atomic E-state index is 0.261. The van der Waals surface area contributed by atoms with Crippen LogP contribution in [0, 0.1) is 5.92 Å². The molecule has 3 nitrogen and oxygen atoms in total. The van der Waals surface area contributed by atoms with Gasteiger partial charge in [-0.3, -0.25) is 0 Å². The van der Waals surface area contributed by atoms with Crippen LogP contribution in [-0.2, 0) is 16.3 Å². The monoisotopic (exact) mass is 347 g/mol. The molecular formula is C14H22BrNO2S. The first kappa shape index (κ1) is 16.7. The maximum absolute atomic E-state index is 11.3. The Morgan fingerprint density at radius 2 is 2.11 bits per heavy atom. The number of rotatable bonds is 8. The van der Waals surface area contributed by atoms with Gasteiger partial charge in [-0.25, -0.2) is 8.42 Å². The molecule has 1 N–H and O–H groups in total. The lowest BCUT2D eigenvalue weighted by atomic mass is 9.97. The summed E-state index contributed by atoms with van der Waals surface area (Å²) in [4.78, 5) is 0. The molecule has 1 atom stereocenters. The summed E-state index contributed by atoms with van der Waals surface area (Å²) >= 11 is 3.46. The summed E-state index contributed by atoms with van der Waals surface area (Å²) in [6.07, 6.45) is 2.91. The van der Waals surface area contributed by atoms with Gasteiger partial charge < -0.3 is 5.32 Å². The Morgan fingerprint density at radius 3 is 2.68 bits per heavy atom. The second-order valence-corrected chi connectivity index (χ2v) is 8.10. The summed E-state index contributed by atoms with van der Waals surface area (Å²) in [6.45, 7) is 3.83. The van der Waals surface area contributed by atoms with Crippen molar-refractivity contribution in [2.24, 2.45) is 5.92 Å². The molecule has 0 amide bonds. The lowest BCUT2D eigenvalue weighted by Crippen LogP contribution is -2.26. The fourth-order valence-electron chi connectivity index (χ4n) is 2.00. The zero-order chi connectivity index (χ0) is 14.3. The first-order chi connectivity index (χ1) is 8.90. The molecule has 0 heterocycles. The highest BCUT2D eigenvalue weighted by molar-refractivity contribution is 9.10. The number of halogens is 1. The Kier molecular flexibility index (Phi) is 7.04. The molecule has 0 saturated carbocycles. The second kappa shape index (κ2) is 8.02. The van der Waals surface area contributed by atoms with Crippen molar-refractivity contribution in [1.29, 1.82) is 0 Å². The van der Waals surface area contributed by atoms with E-state index in [1.807, 2.05) is 12.1 Å². The molecular weight excluding hydrogens is 326 g/mol. The van der Waals surface area contributed by atoms with Gasteiger partial charge in [-0.15, -0.1) is 0 Å². The number of nitrogens with one attached hydrogen (secondary N) is 1. The van der Waals surface area contributed by atoms with Gasteiger partial charge in [0, 0.05) is 10.7 Å². The first-order valence-corrected chi connectivity index (χ1v) is 9.39. The summed E-state index contributed by atoms with van der Waals surface area (Å²) in [5, 5.41) is 3.31. The summed E-state index contributed by atoms with van der Waals surface area (Å²) in [5.74, 6) is 0.612. The predicted molar refractivity (Wildman–Crippen MR) is 84.2 cm³/mol. The standard InChI is InChI=1S/C14H22BrNO2S/c1-3-16-11-13(7-8-19(2,17)18)9-12-5-4-6-14(15)10-12/h4-6,10,13,16H,3,7-9,11H2,1-2H3. The van der Waals surface area contributed by atoms with Gasteiger partial charge in [0.2, 0.25) is 0 Å². The summed E-state index contributed by atoms with van der Waals surface area (Å²) in [6, 6.07) is 8.20. The largest absolute Gasteiger partial charge is 0.317 e. The smallest absolute Gasteiger partial charge is 0.147 e. The van der Waals surface area contributed by atoms with Crippen LogP contribution >= 0.6 is 15.9 Å². The highest BCUT2D eigenvalue weighted by atomic mass is 79.9. The fraction of sp³-hybridized carbons (Fsp3) is 0.571. The van der Waals surface area contributed by atoms with Gasteiger partial charge in [-0.2, -0.15) is 0 Å². The molecule has 108 valence electrons. The molecule has 19 heavy (non-hydrogen) atoms. The summed E-state index contributed by atoms with van der Waals surface area (Å²) in [5.41, 5.74) is 1.24. The lowest BCUT2D eigenvalue weighted by molar-refractivity contribution is 0.465. The molecule has 0 radical (unpaired) electrons. The van der Waals surface area contributed by atoms with Crippen molar-refractivity contribution >= 4 is 25.8 Å². The SMILES string of the molecule is CCNCC(CCS(C)(=O)=O)Cc1cccc(Br)c1. The maximum atomic E-state index is 11.3. The van der Waals surface area contributed by atoms with Crippen molar-refractivity contribution in [3.63, 3.8) is 0 Å². The van der Waals surface area contributed by atoms with E-state index in [0.717, 1.165) is 24.0 Å². The van der Waals surface area contributed by atoms with Crippen LogP contribution in [-0.4, -0.2) is 33.5 Å². The first-order valence-electron chi connectivity index (χ1n) is 6.53. The van der Waals surface area contributed by atoms with Crippen molar-refractivity contribution in [2.45, 2.75) is 19.8 Å². The van der Waals surface area contributed by atoms with Gasteiger partial charge in [0.25, 0.3) is 0 Å². The molecule has 1 rings (SSSR count). The van der Waals surface area contributed by atoms with Crippen LogP contribution in [0.4, 0.5) is 0 Å². The molecule has 0 bridgehead atoms. The van der Waals surface area contributed by atoms with Crippen molar-refractivity contribution in [2.75, 3.05) is 25.1 Å². The van der Waals surface area contributed by atoms with Gasteiger partial charge in [-0.1, -0.05) is 35.0 Å². The molecule has 0 aromatic heterocycles. The summed E-state index contributed by atoms with van der Waals surface area (Å²) < 4.78 is 23.6. The molecule has 0 fully saturated rings. The molecule has 1 aromatic rings. The third-order valence-electron chi connectivity index (χ3n) is 2.99.